The van der Waals surface area contributed by atoms with Crippen molar-refractivity contribution in [2.75, 3.05) is 13.2 Å². The SMILES string of the molecule is C[C@@](C#N)(NC(=O)COC(=O)CNC(=O)c1cccc(F)c1)C1CC1. The number of carbonyl (C=O) groups is 3. The number of ether oxygens (including phenoxy) is 1. The molecule has 7 nitrogen and oxygen atoms in total. The second-order valence-corrected chi connectivity index (χ2v) is 5.99. The number of rotatable bonds is 7. The summed E-state index contributed by atoms with van der Waals surface area (Å²) in [7, 11) is 0. The largest absolute Gasteiger partial charge is 0.454 e. The Balaban J connectivity index is 1.72. The first-order chi connectivity index (χ1) is 11.8. The van der Waals surface area contributed by atoms with Crippen LogP contribution in [0, 0.1) is 23.1 Å². The molecule has 132 valence electrons. The molecule has 2 amide bonds. The summed E-state index contributed by atoms with van der Waals surface area (Å²) in [6.45, 7) is 0.628. The third kappa shape index (κ3) is 5.28. The zero-order chi connectivity index (χ0) is 18.4. The monoisotopic (exact) mass is 347 g/mol. The number of benzene rings is 1. The maximum absolute atomic E-state index is 13.0. The van der Waals surface area contributed by atoms with Gasteiger partial charge in [0.1, 0.15) is 17.9 Å². The average molecular weight is 347 g/mol. The van der Waals surface area contributed by atoms with Crippen LogP contribution >= 0.6 is 0 Å². The molecule has 0 spiro atoms. The molecule has 1 aliphatic rings. The number of nitrogens with zero attached hydrogens (tertiary/aromatic N) is 1. The van der Waals surface area contributed by atoms with Gasteiger partial charge in [-0.3, -0.25) is 14.4 Å². The van der Waals surface area contributed by atoms with Crippen LogP contribution < -0.4 is 10.6 Å². The van der Waals surface area contributed by atoms with E-state index >= 15 is 0 Å². The molecule has 2 N–H and O–H groups in total. The summed E-state index contributed by atoms with van der Waals surface area (Å²) in [4.78, 5) is 35.1. The van der Waals surface area contributed by atoms with Gasteiger partial charge >= 0.3 is 5.97 Å². The maximum Gasteiger partial charge on any atom is 0.325 e. The van der Waals surface area contributed by atoms with Crippen LogP contribution in [0.4, 0.5) is 4.39 Å². The van der Waals surface area contributed by atoms with Crippen LogP contribution in [-0.4, -0.2) is 36.5 Å². The fraction of sp³-hybridized carbons (Fsp3) is 0.412. The van der Waals surface area contributed by atoms with E-state index in [1.54, 1.807) is 6.92 Å². The van der Waals surface area contributed by atoms with Crippen LogP contribution in [0.25, 0.3) is 0 Å². The number of amides is 2. The zero-order valence-corrected chi connectivity index (χ0v) is 13.7. The highest BCUT2D eigenvalue weighted by Crippen LogP contribution is 2.39. The summed E-state index contributed by atoms with van der Waals surface area (Å²) in [6.07, 6.45) is 1.74. The second-order valence-electron chi connectivity index (χ2n) is 5.99. The van der Waals surface area contributed by atoms with Gasteiger partial charge < -0.3 is 15.4 Å². The number of hydrogen-bond acceptors (Lipinski definition) is 5. The summed E-state index contributed by atoms with van der Waals surface area (Å²) < 4.78 is 17.8. The van der Waals surface area contributed by atoms with E-state index < -0.39 is 42.3 Å². The molecule has 1 aromatic rings. The predicted molar refractivity (Wildman–Crippen MR) is 84.6 cm³/mol. The van der Waals surface area contributed by atoms with E-state index in [9.17, 15) is 18.8 Å². The lowest BCUT2D eigenvalue weighted by molar-refractivity contribution is -0.147. The molecule has 0 unspecified atom stereocenters. The van der Waals surface area contributed by atoms with Crippen molar-refractivity contribution in [1.82, 2.24) is 10.6 Å². The van der Waals surface area contributed by atoms with Gasteiger partial charge in [-0.1, -0.05) is 6.07 Å². The fourth-order valence-corrected chi connectivity index (χ4v) is 2.29. The highest BCUT2D eigenvalue weighted by molar-refractivity contribution is 5.96. The minimum Gasteiger partial charge on any atom is -0.454 e. The van der Waals surface area contributed by atoms with E-state index in [0.29, 0.717) is 0 Å². The first-order valence-electron chi connectivity index (χ1n) is 7.75. The normalized spacial score (nSPS) is 15.4. The van der Waals surface area contributed by atoms with Crippen LogP contribution in [0.5, 0.6) is 0 Å². The fourth-order valence-electron chi connectivity index (χ4n) is 2.29. The van der Waals surface area contributed by atoms with Gasteiger partial charge in [-0.05, 0) is 43.9 Å². The van der Waals surface area contributed by atoms with Crippen molar-refractivity contribution in [3.63, 3.8) is 0 Å². The molecular weight excluding hydrogens is 329 g/mol. The van der Waals surface area contributed by atoms with E-state index in [0.717, 1.165) is 18.9 Å². The van der Waals surface area contributed by atoms with Gasteiger partial charge in [-0.15, -0.1) is 0 Å². The van der Waals surface area contributed by atoms with Gasteiger partial charge in [0.05, 0.1) is 6.07 Å². The number of hydrogen-bond donors (Lipinski definition) is 2. The van der Waals surface area contributed by atoms with Crippen LogP contribution in [0.15, 0.2) is 24.3 Å². The van der Waals surface area contributed by atoms with Crippen molar-refractivity contribution in [2.24, 2.45) is 5.92 Å². The van der Waals surface area contributed by atoms with Crippen molar-refractivity contribution in [3.05, 3.63) is 35.6 Å². The molecule has 25 heavy (non-hydrogen) atoms. The molecule has 1 aromatic carbocycles. The molecule has 0 heterocycles. The van der Waals surface area contributed by atoms with Gasteiger partial charge in [0.25, 0.3) is 11.8 Å². The van der Waals surface area contributed by atoms with Gasteiger partial charge in [-0.2, -0.15) is 5.26 Å². The Morgan fingerprint density at radius 3 is 2.72 bits per heavy atom. The van der Waals surface area contributed by atoms with Crippen molar-refractivity contribution < 1.29 is 23.5 Å². The Morgan fingerprint density at radius 2 is 2.12 bits per heavy atom. The van der Waals surface area contributed by atoms with Crippen LogP contribution in [0.2, 0.25) is 0 Å². The molecule has 0 radical (unpaired) electrons. The minimum absolute atomic E-state index is 0.0692. The Bertz CT molecular complexity index is 727. The van der Waals surface area contributed by atoms with Crippen molar-refractivity contribution in [1.29, 1.82) is 5.26 Å². The lowest BCUT2D eigenvalue weighted by Crippen LogP contribution is -2.48. The molecule has 8 heteroatoms. The van der Waals surface area contributed by atoms with Gasteiger partial charge in [0.2, 0.25) is 0 Å². The highest BCUT2D eigenvalue weighted by Gasteiger charge is 2.43. The lowest BCUT2D eigenvalue weighted by atomic mass is 9.98. The maximum atomic E-state index is 13.0. The molecule has 0 saturated heterocycles. The number of halogens is 1. The average Bonchev–Trinajstić information content (AvgIpc) is 3.43. The number of nitrogens with one attached hydrogen (secondary N) is 2. The zero-order valence-electron chi connectivity index (χ0n) is 13.7. The molecule has 0 aliphatic heterocycles. The minimum atomic E-state index is -0.963. The molecule has 0 aromatic heterocycles. The van der Waals surface area contributed by atoms with E-state index in [1.807, 2.05) is 0 Å². The van der Waals surface area contributed by atoms with Gasteiger partial charge in [0, 0.05) is 5.56 Å². The lowest BCUT2D eigenvalue weighted by Gasteiger charge is -2.22. The molecule has 1 aliphatic carbocycles. The van der Waals surface area contributed by atoms with Crippen LogP contribution in [0.1, 0.15) is 30.1 Å². The standard InChI is InChI=1S/C17H18FN3O4/c1-17(10-19,12-5-6-12)21-14(22)9-25-15(23)8-20-16(24)11-3-2-4-13(18)7-11/h2-4,7,12H,5-6,8-9H2,1H3,(H,20,24)(H,21,22)/t17-/m0/s1. The highest BCUT2D eigenvalue weighted by atomic mass is 19.1. The summed E-state index contributed by atoms with van der Waals surface area (Å²) in [6, 6.07) is 7.07. The van der Waals surface area contributed by atoms with E-state index in [1.165, 1.54) is 18.2 Å². The third-order valence-corrected chi connectivity index (χ3v) is 3.87. The molecule has 1 saturated carbocycles. The first-order valence-corrected chi connectivity index (χ1v) is 7.75. The predicted octanol–water partition coefficient (Wildman–Crippen LogP) is 0.907. The van der Waals surface area contributed by atoms with Gasteiger partial charge in [0.15, 0.2) is 6.61 Å². The Hall–Kier alpha value is -2.95. The summed E-state index contributed by atoms with van der Waals surface area (Å²) >= 11 is 0. The number of carbonyl (C=O) groups excluding carboxylic acids is 3. The van der Waals surface area contributed by atoms with E-state index in [-0.39, 0.29) is 11.5 Å². The Morgan fingerprint density at radius 1 is 1.40 bits per heavy atom. The van der Waals surface area contributed by atoms with Crippen molar-refractivity contribution in [3.8, 4) is 6.07 Å². The van der Waals surface area contributed by atoms with Crippen LogP contribution in [-0.2, 0) is 14.3 Å². The molecule has 1 atom stereocenters. The molecule has 2 rings (SSSR count). The van der Waals surface area contributed by atoms with Crippen molar-refractivity contribution in [2.45, 2.75) is 25.3 Å². The third-order valence-electron chi connectivity index (χ3n) is 3.87. The second kappa shape index (κ2) is 7.75. The number of esters is 1. The van der Waals surface area contributed by atoms with Crippen LogP contribution in [0.3, 0.4) is 0 Å². The first kappa shape index (κ1) is 18.4. The molecular formula is C17H18FN3O4. The van der Waals surface area contributed by atoms with E-state index in [4.69, 9.17) is 10.00 Å². The molecule has 1 fully saturated rings. The summed E-state index contributed by atoms with van der Waals surface area (Å²) in [5, 5.41) is 14.0. The number of nitriles is 1. The van der Waals surface area contributed by atoms with Crippen molar-refractivity contribution >= 4 is 17.8 Å². The Kier molecular flexibility index (Phi) is 5.70. The quantitative estimate of drug-likeness (QED) is 0.713. The topological polar surface area (TPSA) is 108 Å². The smallest absolute Gasteiger partial charge is 0.325 e. The summed E-state index contributed by atoms with van der Waals surface area (Å²) in [5.41, 5.74) is -0.894. The molecule has 0 bridgehead atoms. The van der Waals surface area contributed by atoms with Gasteiger partial charge in [-0.25, -0.2) is 4.39 Å². The Labute approximate surface area is 144 Å². The van der Waals surface area contributed by atoms with E-state index in [2.05, 4.69) is 16.7 Å². The summed E-state index contributed by atoms with van der Waals surface area (Å²) in [5.74, 6) is -2.48.